The number of halogens is 3. The lowest BCUT2D eigenvalue weighted by Crippen LogP contribution is -2.15. The third-order valence-electron chi connectivity index (χ3n) is 2.63. The summed E-state index contributed by atoms with van der Waals surface area (Å²) in [6.45, 7) is 1.62. The van der Waals surface area contributed by atoms with Gasteiger partial charge in [0.15, 0.2) is 0 Å². The van der Waals surface area contributed by atoms with Gasteiger partial charge in [-0.2, -0.15) is 0 Å². The predicted molar refractivity (Wildman–Crippen MR) is 73.2 cm³/mol. The Balaban J connectivity index is 2.31. The van der Waals surface area contributed by atoms with Crippen molar-refractivity contribution in [3.63, 3.8) is 0 Å². The second kappa shape index (κ2) is 5.48. The van der Waals surface area contributed by atoms with Gasteiger partial charge in [0.2, 0.25) is 0 Å². The molecule has 1 N–H and O–H groups in total. The average molecular weight is 326 g/mol. The average Bonchev–Trinajstić information content (AvgIpc) is 2.33. The summed E-state index contributed by atoms with van der Waals surface area (Å²) >= 11 is 3.16. The number of aryl methyl sites for hydroxylation is 1. The van der Waals surface area contributed by atoms with E-state index < -0.39 is 17.5 Å². The predicted octanol–water partition coefficient (Wildman–Crippen LogP) is 4.29. The molecule has 0 atom stereocenters. The SMILES string of the molecule is Cc1cc(F)ccc1C(=O)Nc1c(F)cccc1Br. The molecule has 2 aromatic rings. The Kier molecular flexibility index (Phi) is 3.95. The molecule has 2 nitrogen and oxygen atoms in total. The maximum absolute atomic E-state index is 13.6. The van der Waals surface area contributed by atoms with Crippen LogP contribution >= 0.6 is 15.9 Å². The van der Waals surface area contributed by atoms with E-state index in [-0.39, 0.29) is 5.69 Å². The molecule has 0 unspecified atom stereocenters. The van der Waals surface area contributed by atoms with Crippen LogP contribution in [0, 0.1) is 18.6 Å². The van der Waals surface area contributed by atoms with Crippen molar-refractivity contribution in [2.24, 2.45) is 0 Å². The Labute approximate surface area is 117 Å². The minimum atomic E-state index is -0.539. The fraction of sp³-hybridized carbons (Fsp3) is 0.0714. The normalized spacial score (nSPS) is 10.3. The highest BCUT2D eigenvalue weighted by atomic mass is 79.9. The van der Waals surface area contributed by atoms with Gasteiger partial charge in [0.25, 0.3) is 5.91 Å². The number of nitrogens with one attached hydrogen (secondary N) is 1. The molecule has 0 radical (unpaired) electrons. The molecule has 5 heteroatoms. The molecule has 0 aromatic heterocycles. The van der Waals surface area contributed by atoms with Crippen LogP contribution in [-0.4, -0.2) is 5.91 Å². The molecule has 0 fully saturated rings. The summed E-state index contributed by atoms with van der Waals surface area (Å²) in [5.41, 5.74) is 0.859. The Morgan fingerprint density at radius 3 is 2.58 bits per heavy atom. The quantitative estimate of drug-likeness (QED) is 0.876. The van der Waals surface area contributed by atoms with E-state index in [1.807, 2.05) is 0 Å². The zero-order valence-electron chi connectivity index (χ0n) is 10.0. The minimum Gasteiger partial charge on any atom is -0.319 e. The van der Waals surface area contributed by atoms with Crippen LogP contribution in [0.5, 0.6) is 0 Å². The number of hydrogen-bond donors (Lipinski definition) is 1. The lowest BCUT2D eigenvalue weighted by molar-refractivity contribution is 0.102. The fourth-order valence-electron chi connectivity index (χ4n) is 1.68. The number of anilines is 1. The van der Waals surface area contributed by atoms with E-state index in [0.29, 0.717) is 15.6 Å². The highest BCUT2D eigenvalue weighted by molar-refractivity contribution is 9.10. The summed E-state index contributed by atoms with van der Waals surface area (Å²) in [5, 5.41) is 2.47. The van der Waals surface area contributed by atoms with Gasteiger partial charge in [0.1, 0.15) is 11.6 Å². The van der Waals surface area contributed by atoms with Gasteiger partial charge in [-0.3, -0.25) is 4.79 Å². The van der Waals surface area contributed by atoms with E-state index in [2.05, 4.69) is 21.2 Å². The summed E-state index contributed by atoms with van der Waals surface area (Å²) in [6, 6.07) is 8.21. The molecule has 0 aliphatic carbocycles. The summed E-state index contributed by atoms with van der Waals surface area (Å²) in [6.07, 6.45) is 0. The van der Waals surface area contributed by atoms with Crippen molar-refractivity contribution in [3.05, 3.63) is 63.6 Å². The Morgan fingerprint density at radius 2 is 1.95 bits per heavy atom. The van der Waals surface area contributed by atoms with E-state index in [9.17, 15) is 13.6 Å². The number of rotatable bonds is 2. The second-order valence-corrected chi connectivity index (χ2v) is 4.86. The van der Waals surface area contributed by atoms with Crippen molar-refractivity contribution in [1.82, 2.24) is 0 Å². The molecule has 0 saturated carbocycles. The van der Waals surface area contributed by atoms with Gasteiger partial charge in [0, 0.05) is 10.0 Å². The van der Waals surface area contributed by atoms with Crippen LogP contribution in [0.4, 0.5) is 14.5 Å². The highest BCUT2D eigenvalue weighted by Crippen LogP contribution is 2.26. The lowest BCUT2D eigenvalue weighted by Gasteiger charge is -2.10. The van der Waals surface area contributed by atoms with Crippen molar-refractivity contribution in [2.45, 2.75) is 6.92 Å². The van der Waals surface area contributed by atoms with E-state index in [1.54, 1.807) is 13.0 Å². The van der Waals surface area contributed by atoms with Gasteiger partial charge in [0.05, 0.1) is 5.69 Å². The zero-order chi connectivity index (χ0) is 14.0. The number of carbonyl (C=O) groups excluding carboxylic acids is 1. The van der Waals surface area contributed by atoms with Gasteiger partial charge >= 0.3 is 0 Å². The van der Waals surface area contributed by atoms with Crippen molar-refractivity contribution in [3.8, 4) is 0 Å². The minimum absolute atomic E-state index is 0.0659. The second-order valence-electron chi connectivity index (χ2n) is 4.01. The largest absolute Gasteiger partial charge is 0.319 e. The molecule has 0 aliphatic rings. The first-order valence-electron chi connectivity index (χ1n) is 5.50. The first-order valence-corrected chi connectivity index (χ1v) is 6.30. The van der Waals surface area contributed by atoms with Crippen molar-refractivity contribution >= 4 is 27.5 Å². The van der Waals surface area contributed by atoms with Crippen molar-refractivity contribution in [1.29, 1.82) is 0 Å². The fourth-order valence-corrected chi connectivity index (χ4v) is 2.12. The molecule has 19 heavy (non-hydrogen) atoms. The summed E-state index contributed by atoms with van der Waals surface area (Å²) < 4.78 is 27.0. The number of hydrogen-bond acceptors (Lipinski definition) is 1. The first-order chi connectivity index (χ1) is 8.99. The molecule has 0 aliphatic heterocycles. The van der Waals surface area contributed by atoms with Crippen LogP contribution in [0.15, 0.2) is 40.9 Å². The summed E-state index contributed by atoms with van der Waals surface area (Å²) in [5.74, 6) is -1.44. The summed E-state index contributed by atoms with van der Waals surface area (Å²) in [7, 11) is 0. The topological polar surface area (TPSA) is 29.1 Å². The van der Waals surface area contributed by atoms with E-state index in [0.717, 1.165) is 0 Å². The lowest BCUT2D eigenvalue weighted by atomic mass is 10.1. The molecule has 1 amide bonds. The van der Waals surface area contributed by atoms with Crippen LogP contribution in [0.3, 0.4) is 0 Å². The number of benzene rings is 2. The third-order valence-corrected chi connectivity index (χ3v) is 3.30. The molecule has 2 aromatic carbocycles. The maximum Gasteiger partial charge on any atom is 0.256 e. The Hall–Kier alpha value is -1.75. The van der Waals surface area contributed by atoms with E-state index in [4.69, 9.17) is 0 Å². The highest BCUT2D eigenvalue weighted by Gasteiger charge is 2.14. The van der Waals surface area contributed by atoms with Crippen LogP contribution in [0.1, 0.15) is 15.9 Å². The van der Waals surface area contributed by atoms with Crippen LogP contribution in [0.25, 0.3) is 0 Å². The van der Waals surface area contributed by atoms with Gasteiger partial charge in [-0.05, 0) is 58.7 Å². The Bertz CT molecular complexity index is 623. The molecule has 0 spiro atoms. The van der Waals surface area contributed by atoms with Gasteiger partial charge in [-0.15, -0.1) is 0 Å². The molecule has 98 valence electrons. The van der Waals surface area contributed by atoms with Gasteiger partial charge in [-0.1, -0.05) is 6.07 Å². The van der Waals surface area contributed by atoms with Crippen LogP contribution in [0.2, 0.25) is 0 Å². The molecule has 0 heterocycles. The Morgan fingerprint density at radius 1 is 1.21 bits per heavy atom. The zero-order valence-corrected chi connectivity index (χ0v) is 11.6. The monoisotopic (exact) mass is 325 g/mol. The third kappa shape index (κ3) is 2.98. The van der Waals surface area contributed by atoms with E-state index >= 15 is 0 Å². The van der Waals surface area contributed by atoms with E-state index in [1.165, 1.54) is 30.3 Å². The number of amides is 1. The molecule has 0 bridgehead atoms. The number of carbonyl (C=O) groups is 1. The molecular weight excluding hydrogens is 316 g/mol. The van der Waals surface area contributed by atoms with Crippen molar-refractivity contribution in [2.75, 3.05) is 5.32 Å². The van der Waals surface area contributed by atoms with Crippen molar-refractivity contribution < 1.29 is 13.6 Å². The number of para-hydroxylation sites is 1. The van der Waals surface area contributed by atoms with Crippen LogP contribution in [-0.2, 0) is 0 Å². The summed E-state index contributed by atoms with van der Waals surface area (Å²) in [4.78, 5) is 12.0. The van der Waals surface area contributed by atoms with Gasteiger partial charge < -0.3 is 5.32 Å². The standard InChI is InChI=1S/C14H10BrF2NO/c1-8-7-9(16)5-6-10(8)14(19)18-13-11(15)3-2-4-12(13)17/h2-7H,1H3,(H,18,19). The van der Waals surface area contributed by atoms with Crippen LogP contribution < -0.4 is 5.32 Å². The maximum atomic E-state index is 13.6. The molecule has 0 saturated heterocycles. The molecule has 2 rings (SSSR count). The van der Waals surface area contributed by atoms with Gasteiger partial charge in [-0.25, -0.2) is 8.78 Å². The smallest absolute Gasteiger partial charge is 0.256 e. The molecular formula is C14H10BrF2NO. The first kappa shape index (κ1) is 13.7.